The summed E-state index contributed by atoms with van der Waals surface area (Å²) in [6.45, 7) is 2.35. The van der Waals surface area contributed by atoms with Crippen LogP contribution in [0.4, 0.5) is 4.39 Å². The lowest BCUT2D eigenvalue weighted by Crippen LogP contribution is -2.40. The number of benzene rings is 2. The van der Waals surface area contributed by atoms with Crippen LogP contribution in [0.1, 0.15) is 24.5 Å². The van der Waals surface area contributed by atoms with Gasteiger partial charge in [-0.1, -0.05) is 42.5 Å². The van der Waals surface area contributed by atoms with Crippen LogP contribution in [0.5, 0.6) is 0 Å². The van der Waals surface area contributed by atoms with Crippen LogP contribution in [-0.4, -0.2) is 29.8 Å². The number of carbonyl (C=O) groups excluding carboxylic acids is 2. The first-order valence-corrected chi connectivity index (χ1v) is 8.35. The van der Waals surface area contributed by atoms with Gasteiger partial charge in [-0.15, -0.1) is 0 Å². The minimum absolute atomic E-state index is 0.0331. The third-order valence-corrected chi connectivity index (χ3v) is 3.92. The van der Waals surface area contributed by atoms with Crippen molar-refractivity contribution in [2.75, 3.05) is 13.1 Å². The zero-order valence-corrected chi connectivity index (χ0v) is 14.4. The van der Waals surface area contributed by atoms with E-state index >= 15 is 0 Å². The van der Waals surface area contributed by atoms with Crippen LogP contribution in [-0.2, 0) is 22.6 Å². The molecule has 4 nitrogen and oxygen atoms in total. The lowest BCUT2D eigenvalue weighted by atomic mass is 10.1. The fourth-order valence-corrected chi connectivity index (χ4v) is 2.50. The lowest BCUT2D eigenvalue weighted by molar-refractivity contribution is -0.134. The van der Waals surface area contributed by atoms with Gasteiger partial charge in [0.2, 0.25) is 11.8 Å². The van der Waals surface area contributed by atoms with Crippen LogP contribution >= 0.6 is 0 Å². The van der Waals surface area contributed by atoms with Crippen LogP contribution in [0.25, 0.3) is 0 Å². The molecule has 0 heterocycles. The van der Waals surface area contributed by atoms with Crippen molar-refractivity contribution in [3.8, 4) is 0 Å². The van der Waals surface area contributed by atoms with Crippen molar-refractivity contribution in [2.24, 2.45) is 0 Å². The zero-order valence-electron chi connectivity index (χ0n) is 14.4. The molecular formula is C20H23FN2O2. The number of nitrogens with zero attached hydrogens (tertiary/aromatic N) is 1. The fraction of sp³-hybridized carbons (Fsp3) is 0.300. The molecule has 2 aromatic rings. The summed E-state index contributed by atoms with van der Waals surface area (Å²) in [6.07, 6.45) is 1.66. The number of amides is 2. The molecule has 0 spiro atoms. The number of aryl methyl sites for hydroxylation is 1. The number of hydrogen-bond acceptors (Lipinski definition) is 2. The molecular weight excluding hydrogens is 319 g/mol. The van der Waals surface area contributed by atoms with Crippen molar-refractivity contribution < 1.29 is 14.0 Å². The molecule has 0 aliphatic rings. The Morgan fingerprint density at radius 1 is 1.00 bits per heavy atom. The van der Waals surface area contributed by atoms with Gasteiger partial charge in [0.15, 0.2) is 0 Å². The number of hydrogen-bond donors (Lipinski definition) is 1. The first-order chi connectivity index (χ1) is 12.0. The second-order valence-corrected chi connectivity index (χ2v) is 5.93. The molecule has 0 saturated carbocycles. The van der Waals surface area contributed by atoms with Gasteiger partial charge in [0, 0.05) is 20.0 Å². The second-order valence-electron chi connectivity index (χ2n) is 5.93. The second kappa shape index (κ2) is 9.57. The van der Waals surface area contributed by atoms with E-state index in [0.29, 0.717) is 13.1 Å². The Kier molecular flexibility index (Phi) is 7.14. The summed E-state index contributed by atoms with van der Waals surface area (Å²) < 4.78 is 12.9. The van der Waals surface area contributed by atoms with Gasteiger partial charge in [-0.05, 0) is 36.1 Å². The first kappa shape index (κ1) is 18.6. The van der Waals surface area contributed by atoms with Crippen molar-refractivity contribution in [3.63, 3.8) is 0 Å². The maximum Gasteiger partial charge on any atom is 0.239 e. The Hall–Kier alpha value is -2.69. The molecule has 2 amide bonds. The maximum atomic E-state index is 12.9. The third-order valence-electron chi connectivity index (χ3n) is 3.92. The SMILES string of the molecule is CC(=O)N(CCCc1ccccc1)CC(=O)NCc1ccc(F)cc1. The maximum absolute atomic E-state index is 12.9. The smallest absolute Gasteiger partial charge is 0.239 e. The fourth-order valence-electron chi connectivity index (χ4n) is 2.50. The Labute approximate surface area is 147 Å². The van der Waals surface area contributed by atoms with Crippen LogP contribution in [0.15, 0.2) is 54.6 Å². The summed E-state index contributed by atoms with van der Waals surface area (Å²) in [4.78, 5) is 25.3. The summed E-state index contributed by atoms with van der Waals surface area (Å²) in [6, 6.07) is 16.0. The van der Waals surface area contributed by atoms with E-state index in [9.17, 15) is 14.0 Å². The highest BCUT2D eigenvalue weighted by Gasteiger charge is 2.13. The molecule has 1 N–H and O–H groups in total. The highest BCUT2D eigenvalue weighted by atomic mass is 19.1. The quantitative estimate of drug-likeness (QED) is 0.802. The predicted molar refractivity (Wildman–Crippen MR) is 95.3 cm³/mol. The molecule has 0 unspecified atom stereocenters. The van der Waals surface area contributed by atoms with E-state index in [1.807, 2.05) is 30.3 Å². The topological polar surface area (TPSA) is 49.4 Å². The normalized spacial score (nSPS) is 10.3. The Bertz CT molecular complexity index is 687. The average Bonchev–Trinajstić information content (AvgIpc) is 2.61. The van der Waals surface area contributed by atoms with Gasteiger partial charge in [0.25, 0.3) is 0 Å². The van der Waals surface area contributed by atoms with Gasteiger partial charge in [-0.3, -0.25) is 9.59 Å². The van der Waals surface area contributed by atoms with E-state index in [1.165, 1.54) is 24.6 Å². The van der Waals surface area contributed by atoms with Crippen LogP contribution < -0.4 is 5.32 Å². The van der Waals surface area contributed by atoms with Crippen molar-refractivity contribution >= 4 is 11.8 Å². The van der Waals surface area contributed by atoms with E-state index in [4.69, 9.17) is 0 Å². The van der Waals surface area contributed by atoms with Gasteiger partial charge in [-0.2, -0.15) is 0 Å². The molecule has 0 atom stereocenters. The van der Waals surface area contributed by atoms with Crippen molar-refractivity contribution in [1.29, 1.82) is 0 Å². The third kappa shape index (κ3) is 6.75. The van der Waals surface area contributed by atoms with Gasteiger partial charge in [0.05, 0.1) is 6.54 Å². The average molecular weight is 342 g/mol. The van der Waals surface area contributed by atoms with Crippen LogP contribution in [0.2, 0.25) is 0 Å². The molecule has 0 aliphatic heterocycles. The molecule has 5 heteroatoms. The number of nitrogens with one attached hydrogen (secondary N) is 1. The van der Waals surface area contributed by atoms with E-state index in [1.54, 1.807) is 17.0 Å². The highest BCUT2D eigenvalue weighted by Crippen LogP contribution is 2.05. The van der Waals surface area contributed by atoms with E-state index in [0.717, 1.165) is 18.4 Å². The summed E-state index contributed by atoms with van der Waals surface area (Å²) in [5.41, 5.74) is 2.03. The first-order valence-electron chi connectivity index (χ1n) is 8.35. The molecule has 2 rings (SSSR count). The highest BCUT2D eigenvalue weighted by molar-refractivity contribution is 5.83. The summed E-state index contributed by atoms with van der Waals surface area (Å²) in [5, 5.41) is 2.76. The minimum Gasteiger partial charge on any atom is -0.350 e. The van der Waals surface area contributed by atoms with E-state index in [-0.39, 0.29) is 24.2 Å². The van der Waals surface area contributed by atoms with Crippen LogP contribution in [0, 0.1) is 5.82 Å². The van der Waals surface area contributed by atoms with Gasteiger partial charge in [-0.25, -0.2) is 4.39 Å². The monoisotopic (exact) mass is 342 g/mol. The van der Waals surface area contributed by atoms with E-state index in [2.05, 4.69) is 5.32 Å². The van der Waals surface area contributed by atoms with Gasteiger partial charge >= 0.3 is 0 Å². The molecule has 0 aromatic heterocycles. The summed E-state index contributed by atoms with van der Waals surface area (Å²) >= 11 is 0. The van der Waals surface area contributed by atoms with E-state index < -0.39 is 0 Å². The van der Waals surface area contributed by atoms with Crippen LogP contribution in [0.3, 0.4) is 0 Å². The van der Waals surface area contributed by atoms with Crippen molar-refractivity contribution in [1.82, 2.24) is 10.2 Å². The molecule has 132 valence electrons. The van der Waals surface area contributed by atoms with Crippen molar-refractivity contribution in [2.45, 2.75) is 26.3 Å². The van der Waals surface area contributed by atoms with Gasteiger partial charge < -0.3 is 10.2 Å². The molecule has 0 aliphatic carbocycles. The number of rotatable bonds is 8. The standard InChI is InChI=1S/C20H23FN2O2/c1-16(24)23(13-5-8-17-6-3-2-4-7-17)15-20(25)22-14-18-9-11-19(21)12-10-18/h2-4,6-7,9-12H,5,8,13-15H2,1H3,(H,22,25). The summed E-state index contributed by atoms with van der Waals surface area (Å²) in [7, 11) is 0. The molecule has 0 bridgehead atoms. The largest absolute Gasteiger partial charge is 0.350 e. The molecule has 25 heavy (non-hydrogen) atoms. The summed E-state index contributed by atoms with van der Waals surface area (Å²) in [5.74, 6) is -0.652. The molecule has 2 aromatic carbocycles. The minimum atomic E-state index is -0.309. The van der Waals surface area contributed by atoms with Gasteiger partial charge in [0.1, 0.15) is 5.82 Å². The Morgan fingerprint density at radius 2 is 1.68 bits per heavy atom. The number of halogens is 1. The zero-order chi connectivity index (χ0) is 18.1. The lowest BCUT2D eigenvalue weighted by Gasteiger charge is -2.20. The Balaban J connectivity index is 1.76. The molecule has 0 fully saturated rings. The number of carbonyl (C=O) groups is 2. The predicted octanol–water partition coefficient (Wildman–Crippen LogP) is 2.92. The Morgan fingerprint density at radius 3 is 2.32 bits per heavy atom. The molecule has 0 saturated heterocycles. The molecule has 0 radical (unpaired) electrons. The van der Waals surface area contributed by atoms with Crippen molar-refractivity contribution in [3.05, 3.63) is 71.5 Å².